The van der Waals surface area contributed by atoms with Crippen molar-refractivity contribution in [2.75, 3.05) is 11.9 Å². The minimum Gasteiger partial charge on any atom is -0.459 e. The lowest BCUT2D eigenvalue weighted by Gasteiger charge is -2.30. The Kier molecular flexibility index (Phi) is 6.66. The first-order chi connectivity index (χ1) is 16.1. The van der Waals surface area contributed by atoms with Crippen molar-refractivity contribution in [1.82, 2.24) is 9.78 Å². The van der Waals surface area contributed by atoms with Gasteiger partial charge in [0, 0.05) is 11.8 Å². The number of aryl methyl sites for hydroxylation is 1. The number of fused-ring (bicyclic) bond motifs is 1. The van der Waals surface area contributed by atoms with E-state index in [0.717, 1.165) is 43.5 Å². The zero-order valence-corrected chi connectivity index (χ0v) is 20.1. The van der Waals surface area contributed by atoms with Gasteiger partial charge in [-0.15, -0.1) is 0 Å². The minimum atomic E-state index is -0.863. The lowest BCUT2D eigenvalue weighted by Crippen LogP contribution is -2.35. The number of benzene rings is 1. The number of nitrogens with one attached hydrogen (secondary N) is 1. The molecule has 0 bridgehead atoms. The number of nitrogens with two attached hydrogens (primary N) is 2. The third-order valence-electron chi connectivity index (χ3n) is 7.01. The van der Waals surface area contributed by atoms with Gasteiger partial charge in [-0.1, -0.05) is 20.8 Å². The van der Waals surface area contributed by atoms with Crippen LogP contribution in [0, 0.1) is 11.2 Å². The predicted octanol–water partition coefficient (Wildman–Crippen LogP) is 3.02. The number of halogens is 1. The van der Waals surface area contributed by atoms with Crippen molar-refractivity contribution >= 4 is 17.6 Å². The molecule has 2 aliphatic carbocycles. The largest absolute Gasteiger partial charge is 0.459 e. The van der Waals surface area contributed by atoms with Crippen molar-refractivity contribution in [3.8, 4) is 5.69 Å². The van der Waals surface area contributed by atoms with Crippen molar-refractivity contribution < 1.29 is 18.7 Å². The fourth-order valence-corrected chi connectivity index (χ4v) is 5.24. The SMILES string of the molecule is CCc1nn(-c2cc(F)c(C(N)=O)c(N[C@H]3CCC[C@@H]3OC(=O)CN)c2)c2c1CCC(C)(C)C2. The summed E-state index contributed by atoms with van der Waals surface area (Å²) >= 11 is 0. The quantitative estimate of drug-likeness (QED) is 0.533. The van der Waals surface area contributed by atoms with E-state index in [4.69, 9.17) is 21.3 Å². The minimum absolute atomic E-state index is 0.118. The summed E-state index contributed by atoms with van der Waals surface area (Å²) in [6, 6.07) is 2.76. The number of ether oxygens (including phenoxy) is 1. The number of anilines is 1. The van der Waals surface area contributed by atoms with Gasteiger partial charge in [0.25, 0.3) is 5.91 Å². The van der Waals surface area contributed by atoms with Crippen molar-refractivity contribution in [3.05, 3.63) is 40.5 Å². The summed E-state index contributed by atoms with van der Waals surface area (Å²) in [6.45, 7) is 6.32. The molecule has 2 aliphatic rings. The molecule has 1 saturated carbocycles. The van der Waals surface area contributed by atoms with Crippen LogP contribution in [0.2, 0.25) is 0 Å². The molecule has 9 heteroatoms. The van der Waals surface area contributed by atoms with Crippen LogP contribution in [-0.2, 0) is 28.8 Å². The highest BCUT2D eigenvalue weighted by atomic mass is 19.1. The number of carbonyl (C=O) groups excluding carboxylic acids is 2. The summed E-state index contributed by atoms with van der Waals surface area (Å²) in [6.07, 6.45) is 5.43. The van der Waals surface area contributed by atoms with Crippen molar-refractivity contribution in [3.63, 3.8) is 0 Å². The normalized spacial score (nSPS) is 21.2. The summed E-state index contributed by atoms with van der Waals surface area (Å²) in [7, 11) is 0. The van der Waals surface area contributed by atoms with Gasteiger partial charge in [-0.05, 0) is 62.0 Å². The Bertz CT molecular complexity index is 1110. The monoisotopic (exact) mass is 471 g/mol. The van der Waals surface area contributed by atoms with Crippen LogP contribution in [0.25, 0.3) is 5.69 Å². The van der Waals surface area contributed by atoms with Crippen LogP contribution in [0.1, 0.15) is 73.8 Å². The Morgan fingerprint density at radius 3 is 2.76 bits per heavy atom. The summed E-state index contributed by atoms with van der Waals surface area (Å²) in [5, 5.41) is 8.06. The number of aromatic nitrogens is 2. The molecule has 5 N–H and O–H groups in total. The van der Waals surface area contributed by atoms with Gasteiger partial charge in [0.05, 0.1) is 35.2 Å². The second kappa shape index (κ2) is 9.37. The third-order valence-corrected chi connectivity index (χ3v) is 7.01. The van der Waals surface area contributed by atoms with E-state index in [1.54, 1.807) is 6.07 Å². The number of rotatable bonds is 7. The number of carbonyl (C=O) groups is 2. The number of nitrogens with zero attached hydrogens (tertiary/aromatic N) is 2. The first kappa shape index (κ1) is 24.2. The molecule has 0 aliphatic heterocycles. The van der Waals surface area contributed by atoms with Crippen LogP contribution in [0.3, 0.4) is 0 Å². The highest BCUT2D eigenvalue weighted by Gasteiger charge is 2.33. The molecule has 0 saturated heterocycles. The van der Waals surface area contributed by atoms with Gasteiger partial charge in [0.1, 0.15) is 11.9 Å². The molecule has 1 fully saturated rings. The van der Waals surface area contributed by atoms with Crippen LogP contribution in [0.15, 0.2) is 12.1 Å². The van der Waals surface area contributed by atoms with Crippen LogP contribution >= 0.6 is 0 Å². The average molecular weight is 472 g/mol. The molecular weight excluding hydrogens is 437 g/mol. The van der Waals surface area contributed by atoms with Gasteiger partial charge >= 0.3 is 5.97 Å². The lowest BCUT2D eigenvalue weighted by molar-refractivity contribution is -0.147. The summed E-state index contributed by atoms with van der Waals surface area (Å²) in [4.78, 5) is 23.9. The van der Waals surface area contributed by atoms with E-state index in [0.29, 0.717) is 18.5 Å². The van der Waals surface area contributed by atoms with Gasteiger partial charge in [0.2, 0.25) is 0 Å². The van der Waals surface area contributed by atoms with E-state index in [1.807, 2.05) is 4.68 Å². The van der Waals surface area contributed by atoms with E-state index in [1.165, 1.54) is 11.6 Å². The fraction of sp³-hybridized carbons (Fsp3) is 0.560. The molecule has 0 radical (unpaired) electrons. The van der Waals surface area contributed by atoms with Crippen LogP contribution in [-0.4, -0.2) is 40.3 Å². The number of amides is 1. The fourth-order valence-electron chi connectivity index (χ4n) is 5.24. The van der Waals surface area contributed by atoms with Crippen LogP contribution in [0.4, 0.5) is 10.1 Å². The molecular formula is C25H34FN5O3. The molecule has 1 aromatic carbocycles. The summed E-state index contributed by atoms with van der Waals surface area (Å²) in [5.41, 5.74) is 15.0. The lowest BCUT2D eigenvalue weighted by atomic mass is 9.76. The van der Waals surface area contributed by atoms with E-state index in [2.05, 4.69) is 26.1 Å². The first-order valence-electron chi connectivity index (χ1n) is 12.0. The Hall–Kier alpha value is -2.94. The topological polar surface area (TPSA) is 125 Å². The molecule has 34 heavy (non-hydrogen) atoms. The molecule has 2 atom stereocenters. The van der Waals surface area contributed by atoms with E-state index < -0.39 is 23.8 Å². The van der Waals surface area contributed by atoms with Gasteiger partial charge in [-0.25, -0.2) is 9.07 Å². The van der Waals surface area contributed by atoms with Gasteiger partial charge < -0.3 is 21.5 Å². The van der Waals surface area contributed by atoms with Gasteiger partial charge in [0.15, 0.2) is 0 Å². The Labute approximate surface area is 199 Å². The zero-order chi connectivity index (χ0) is 24.6. The van der Waals surface area contributed by atoms with Crippen molar-refractivity contribution in [2.45, 2.75) is 77.9 Å². The average Bonchev–Trinajstić information content (AvgIpc) is 3.35. The second-order valence-corrected chi connectivity index (χ2v) is 10.1. The molecule has 4 rings (SSSR count). The Morgan fingerprint density at radius 1 is 1.32 bits per heavy atom. The second-order valence-electron chi connectivity index (χ2n) is 10.1. The zero-order valence-electron chi connectivity index (χ0n) is 20.1. The number of primary amides is 1. The highest BCUT2D eigenvalue weighted by molar-refractivity contribution is 5.99. The summed E-state index contributed by atoms with van der Waals surface area (Å²) in [5.74, 6) is -2.07. The molecule has 1 amide bonds. The molecule has 0 spiro atoms. The number of hydrogen-bond acceptors (Lipinski definition) is 6. The number of hydrogen-bond donors (Lipinski definition) is 3. The predicted molar refractivity (Wildman–Crippen MR) is 127 cm³/mol. The van der Waals surface area contributed by atoms with E-state index in [9.17, 15) is 9.59 Å². The molecule has 2 aromatic rings. The Balaban J connectivity index is 1.75. The van der Waals surface area contributed by atoms with Crippen molar-refractivity contribution in [1.29, 1.82) is 0 Å². The molecule has 0 unspecified atom stereocenters. The standard InChI is InChI=1S/C25H34FN5O3/c1-4-17-15-8-9-25(2,3)12-20(15)31(30-17)14-10-16(26)23(24(28)33)19(11-14)29-18-6-5-7-21(18)34-22(32)13-27/h10-11,18,21,29H,4-9,12-13,27H2,1-3H3,(H2,28,33)/t18-,21-/m0/s1. The van der Waals surface area contributed by atoms with E-state index >= 15 is 4.39 Å². The number of esters is 1. The first-order valence-corrected chi connectivity index (χ1v) is 12.0. The summed E-state index contributed by atoms with van der Waals surface area (Å²) < 4.78 is 22.5. The molecule has 1 aromatic heterocycles. The Morgan fingerprint density at radius 2 is 2.09 bits per heavy atom. The van der Waals surface area contributed by atoms with Crippen molar-refractivity contribution in [2.24, 2.45) is 16.9 Å². The molecule has 184 valence electrons. The third kappa shape index (κ3) is 4.66. The maximum atomic E-state index is 15.3. The maximum absolute atomic E-state index is 15.3. The van der Waals surface area contributed by atoms with Crippen LogP contribution in [0.5, 0.6) is 0 Å². The van der Waals surface area contributed by atoms with Crippen LogP contribution < -0.4 is 16.8 Å². The molecule has 1 heterocycles. The maximum Gasteiger partial charge on any atom is 0.320 e. The van der Waals surface area contributed by atoms with E-state index in [-0.39, 0.29) is 29.3 Å². The highest BCUT2D eigenvalue weighted by Crippen LogP contribution is 2.38. The van der Waals surface area contributed by atoms with Gasteiger partial charge in [-0.2, -0.15) is 5.10 Å². The smallest absolute Gasteiger partial charge is 0.320 e. The molecule has 8 nitrogen and oxygen atoms in total. The van der Waals surface area contributed by atoms with Gasteiger partial charge in [-0.3, -0.25) is 9.59 Å².